The molecule has 0 aliphatic rings. The zero-order valence-electron chi connectivity index (χ0n) is 11.2. The third kappa shape index (κ3) is 4.32. The highest BCUT2D eigenvalue weighted by molar-refractivity contribution is 7.80. The van der Waals surface area contributed by atoms with Gasteiger partial charge in [-0.15, -0.1) is 0 Å². The molecule has 3 N–H and O–H groups in total. The van der Waals surface area contributed by atoms with Crippen LogP contribution in [0.2, 0.25) is 0 Å². The summed E-state index contributed by atoms with van der Waals surface area (Å²) in [5.74, 6) is -0.574. The number of nitrogens with two attached hydrogens (primary N) is 1. The molecule has 0 bridgehead atoms. The number of hydrogen-bond donors (Lipinski definition) is 2. The zero-order chi connectivity index (χ0) is 15.2. The summed E-state index contributed by atoms with van der Waals surface area (Å²) in [5.41, 5.74) is 7.18. The van der Waals surface area contributed by atoms with Crippen molar-refractivity contribution in [3.05, 3.63) is 65.2 Å². The van der Waals surface area contributed by atoms with Gasteiger partial charge in [0.15, 0.2) is 0 Å². The second-order valence-corrected chi connectivity index (χ2v) is 4.87. The van der Waals surface area contributed by atoms with Gasteiger partial charge in [-0.05, 0) is 36.2 Å². The molecule has 0 aliphatic carbocycles. The fourth-order valence-electron chi connectivity index (χ4n) is 1.78. The summed E-state index contributed by atoms with van der Waals surface area (Å²) >= 11 is 4.81. The maximum atomic E-state index is 13.0. The molecule has 1 amide bonds. The van der Waals surface area contributed by atoms with Crippen molar-refractivity contribution in [2.75, 3.05) is 6.54 Å². The summed E-state index contributed by atoms with van der Waals surface area (Å²) in [6.07, 6.45) is 2.01. The number of thiocarbonyl (C=S) groups is 1. The number of carbonyl (C=O) groups is 1. The molecular weight excluding hydrogens is 289 g/mol. The number of aromatic nitrogens is 1. The molecule has 21 heavy (non-hydrogen) atoms. The average molecular weight is 303 g/mol. The van der Waals surface area contributed by atoms with Gasteiger partial charge in [-0.25, -0.2) is 4.39 Å². The molecule has 1 aromatic heterocycles. The summed E-state index contributed by atoms with van der Waals surface area (Å²) < 4.78 is 13.0. The SMILES string of the molecule is NC(=S)c1ccc(C(=O)NCCc2cccc(F)c2)nc1. The minimum absolute atomic E-state index is 0.237. The molecule has 0 radical (unpaired) electrons. The van der Waals surface area contributed by atoms with Crippen molar-refractivity contribution < 1.29 is 9.18 Å². The van der Waals surface area contributed by atoms with Crippen LogP contribution in [0.5, 0.6) is 0 Å². The van der Waals surface area contributed by atoms with Gasteiger partial charge in [0.25, 0.3) is 5.91 Å². The summed E-state index contributed by atoms with van der Waals surface area (Å²) in [5, 5.41) is 2.73. The molecule has 0 fully saturated rings. The summed E-state index contributed by atoms with van der Waals surface area (Å²) in [7, 11) is 0. The van der Waals surface area contributed by atoms with Gasteiger partial charge in [0.05, 0.1) is 0 Å². The van der Waals surface area contributed by atoms with Crippen LogP contribution in [0.1, 0.15) is 21.6 Å². The number of halogens is 1. The predicted molar refractivity (Wildman–Crippen MR) is 82.6 cm³/mol. The molecule has 108 valence electrons. The molecule has 0 unspecified atom stereocenters. The van der Waals surface area contributed by atoms with E-state index in [4.69, 9.17) is 18.0 Å². The van der Waals surface area contributed by atoms with E-state index in [-0.39, 0.29) is 22.4 Å². The van der Waals surface area contributed by atoms with E-state index >= 15 is 0 Å². The van der Waals surface area contributed by atoms with Crippen LogP contribution in [0.3, 0.4) is 0 Å². The lowest BCUT2D eigenvalue weighted by Gasteiger charge is -2.05. The van der Waals surface area contributed by atoms with E-state index in [0.29, 0.717) is 18.5 Å². The Morgan fingerprint density at radius 3 is 2.76 bits per heavy atom. The number of hydrogen-bond acceptors (Lipinski definition) is 3. The van der Waals surface area contributed by atoms with E-state index in [1.165, 1.54) is 18.3 Å². The second kappa shape index (κ2) is 6.90. The van der Waals surface area contributed by atoms with E-state index < -0.39 is 0 Å². The Hall–Kier alpha value is -2.34. The van der Waals surface area contributed by atoms with Gasteiger partial charge in [0, 0.05) is 18.3 Å². The zero-order valence-corrected chi connectivity index (χ0v) is 12.0. The Morgan fingerprint density at radius 2 is 2.14 bits per heavy atom. The highest BCUT2D eigenvalue weighted by Crippen LogP contribution is 2.04. The highest BCUT2D eigenvalue weighted by atomic mass is 32.1. The van der Waals surface area contributed by atoms with Crippen LogP contribution >= 0.6 is 12.2 Å². The molecule has 0 saturated carbocycles. The molecule has 1 aromatic carbocycles. The molecule has 4 nitrogen and oxygen atoms in total. The Labute approximate surface area is 127 Å². The third-order valence-corrected chi connectivity index (χ3v) is 3.10. The molecule has 0 aliphatic heterocycles. The topological polar surface area (TPSA) is 68.0 Å². The van der Waals surface area contributed by atoms with Crippen LogP contribution in [0, 0.1) is 5.82 Å². The number of nitrogens with zero attached hydrogens (tertiary/aromatic N) is 1. The molecule has 2 rings (SSSR count). The average Bonchev–Trinajstić information content (AvgIpc) is 2.47. The van der Waals surface area contributed by atoms with E-state index in [1.807, 2.05) is 6.07 Å². The van der Waals surface area contributed by atoms with Crippen molar-refractivity contribution in [1.82, 2.24) is 10.3 Å². The number of carbonyl (C=O) groups excluding carboxylic acids is 1. The Bertz CT molecular complexity index is 658. The molecular formula is C15H14FN3OS. The van der Waals surface area contributed by atoms with Gasteiger partial charge in [-0.3, -0.25) is 9.78 Å². The molecule has 0 saturated heterocycles. The summed E-state index contributed by atoms with van der Waals surface area (Å²) in [6.45, 7) is 0.404. The molecule has 6 heteroatoms. The molecule has 0 spiro atoms. The fourth-order valence-corrected chi connectivity index (χ4v) is 1.90. The van der Waals surface area contributed by atoms with Crippen molar-refractivity contribution in [2.45, 2.75) is 6.42 Å². The monoisotopic (exact) mass is 303 g/mol. The normalized spacial score (nSPS) is 10.1. The van der Waals surface area contributed by atoms with E-state index in [0.717, 1.165) is 5.56 Å². The molecule has 2 aromatic rings. The van der Waals surface area contributed by atoms with E-state index in [1.54, 1.807) is 18.2 Å². The minimum Gasteiger partial charge on any atom is -0.389 e. The van der Waals surface area contributed by atoms with Gasteiger partial charge in [-0.2, -0.15) is 0 Å². The first-order valence-corrected chi connectivity index (χ1v) is 6.75. The van der Waals surface area contributed by atoms with Gasteiger partial charge >= 0.3 is 0 Å². The van der Waals surface area contributed by atoms with Crippen LogP contribution in [-0.2, 0) is 6.42 Å². The van der Waals surface area contributed by atoms with Crippen LogP contribution in [-0.4, -0.2) is 22.4 Å². The lowest BCUT2D eigenvalue weighted by atomic mass is 10.1. The standard InChI is InChI=1S/C15H14FN3OS/c16-12-3-1-2-10(8-12)6-7-18-15(20)13-5-4-11(9-19-13)14(17)21/h1-5,8-9H,6-7H2,(H2,17,21)(H,18,20). The lowest BCUT2D eigenvalue weighted by molar-refractivity contribution is 0.0949. The first kappa shape index (κ1) is 15.1. The maximum Gasteiger partial charge on any atom is 0.269 e. The van der Waals surface area contributed by atoms with Crippen molar-refractivity contribution in [3.63, 3.8) is 0 Å². The molecule has 1 heterocycles. The van der Waals surface area contributed by atoms with Crippen molar-refractivity contribution in [3.8, 4) is 0 Å². The number of amides is 1. The van der Waals surface area contributed by atoms with Crippen LogP contribution in [0.15, 0.2) is 42.6 Å². The second-order valence-electron chi connectivity index (χ2n) is 4.43. The third-order valence-electron chi connectivity index (χ3n) is 2.87. The summed E-state index contributed by atoms with van der Waals surface area (Å²) in [6, 6.07) is 9.49. The van der Waals surface area contributed by atoms with Gasteiger partial charge in [0.1, 0.15) is 16.5 Å². The van der Waals surface area contributed by atoms with Crippen molar-refractivity contribution in [1.29, 1.82) is 0 Å². The van der Waals surface area contributed by atoms with Crippen molar-refractivity contribution >= 4 is 23.1 Å². The number of benzene rings is 1. The van der Waals surface area contributed by atoms with Gasteiger partial charge < -0.3 is 11.1 Å². The predicted octanol–water partition coefficient (Wildman–Crippen LogP) is 1.83. The minimum atomic E-state index is -0.291. The fraction of sp³-hybridized carbons (Fsp3) is 0.133. The Kier molecular flexibility index (Phi) is 4.94. The molecule has 0 atom stereocenters. The highest BCUT2D eigenvalue weighted by Gasteiger charge is 2.07. The smallest absolute Gasteiger partial charge is 0.269 e. The van der Waals surface area contributed by atoms with Gasteiger partial charge in [0.2, 0.25) is 0 Å². The Morgan fingerprint density at radius 1 is 1.33 bits per heavy atom. The Balaban J connectivity index is 1.88. The van der Waals surface area contributed by atoms with Crippen LogP contribution in [0.25, 0.3) is 0 Å². The van der Waals surface area contributed by atoms with E-state index in [2.05, 4.69) is 10.3 Å². The first-order chi connectivity index (χ1) is 10.1. The first-order valence-electron chi connectivity index (χ1n) is 6.35. The number of pyridine rings is 1. The van der Waals surface area contributed by atoms with Crippen LogP contribution < -0.4 is 11.1 Å². The van der Waals surface area contributed by atoms with Gasteiger partial charge in [-0.1, -0.05) is 24.4 Å². The lowest BCUT2D eigenvalue weighted by Crippen LogP contribution is -2.26. The van der Waals surface area contributed by atoms with Crippen molar-refractivity contribution in [2.24, 2.45) is 5.73 Å². The largest absolute Gasteiger partial charge is 0.389 e. The van der Waals surface area contributed by atoms with E-state index in [9.17, 15) is 9.18 Å². The number of nitrogens with one attached hydrogen (secondary N) is 1. The van der Waals surface area contributed by atoms with Crippen LogP contribution in [0.4, 0.5) is 4.39 Å². The quantitative estimate of drug-likeness (QED) is 0.827. The number of rotatable bonds is 5. The maximum absolute atomic E-state index is 13.0. The summed E-state index contributed by atoms with van der Waals surface area (Å²) in [4.78, 5) is 16.1.